The van der Waals surface area contributed by atoms with Crippen LogP contribution in [0.1, 0.15) is 5.69 Å². The summed E-state index contributed by atoms with van der Waals surface area (Å²) >= 11 is 1.15. The molecule has 0 aliphatic heterocycles. The van der Waals surface area contributed by atoms with Crippen LogP contribution in [0.5, 0.6) is 0 Å². The summed E-state index contributed by atoms with van der Waals surface area (Å²) < 4.78 is 66.0. The lowest BCUT2D eigenvalue weighted by atomic mass is 10.2. The van der Waals surface area contributed by atoms with Crippen molar-refractivity contribution in [2.75, 3.05) is 12.3 Å². The largest absolute Gasteiger partial charge is 0.433 e. The molecule has 0 bridgehead atoms. The predicted octanol–water partition coefficient (Wildman–Crippen LogP) is 4.32. The molecule has 0 amide bonds. The van der Waals surface area contributed by atoms with Crippen molar-refractivity contribution >= 4 is 32.7 Å². The zero-order chi connectivity index (χ0) is 19.5. The number of fused-ring (bicyclic) bond motifs is 1. The fraction of sp³-hybridized carbons (Fsp3) is 0.167. The Hall–Kier alpha value is -2.10. The summed E-state index contributed by atoms with van der Waals surface area (Å²) in [5, 5.41) is 0.599. The molecule has 0 spiro atoms. The summed E-state index contributed by atoms with van der Waals surface area (Å²) in [6.07, 6.45) is -4.55. The third-order valence-corrected chi connectivity index (χ3v) is 6.21. The van der Waals surface area contributed by atoms with Crippen LogP contribution in [0.15, 0.2) is 70.5 Å². The molecule has 0 saturated carbocycles. The van der Waals surface area contributed by atoms with Gasteiger partial charge in [0.05, 0.1) is 10.4 Å². The SMILES string of the molecule is O=S(=O)(NCCSc1cc(C(F)(F)F)nc2ccccc12)c1ccccc1. The molecule has 1 heterocycles. The molecule has 0 unspecified atom stereocenters. The van der Waals surface area contributed by atoms with Crippen LogP contribution in [-0.4, -0.2) is 25.7 Å². The van der Waals surface area contributed by atoms with Crippen molar-refractivity contribution in [1.82, 2.24) is 9.71 Å². The van der Waals surface area contributed by atoms with E-state index in [4.69, 9.17) is 0 Å². The molecule has 3 rings (SSSR count). The van der Waals surface area contributed by atoms with Crippen molar-refractivity contribution in [2.45, 2.75) is 16.0 Å². The Morgan fingerprint density at radius 1 is 1.00 bits per heavy atom. The Labute approximate surface area is 158 Å². The van der Waals surface area contributed by atoms with Crippen molar-refractivity contribution in [3.63, 3.8) is 0 Å². The molecule has 0 saturated heterocycles. The van der Waals surface area contributed by atoms with Crippen LogP contribution in [0, 0.1) is 0 Å². The van der Waals surface area contributed by atoms with Gasteiger partial charge < -0.3 is 0 Å². The van der Waals surface area contributed by atoms with Gasteiger partial charge in [-0.25, -0.2) is 18.1 Å². The van der Waals surface area contributed by atoms with E-state index in [2.05, 4.69) is 9.71 Å². The van der Waals surface area contributed by atoms with E-state index in [1.807, 2.05) is 0 Å². The fourth-order valence-corrected chi connectivity index (χ4v) is 4.56. The third kappa shape index (κ3) is 4.79. The Bertz CT molecular complexity index is 1040. The van der Waals surface area contributed by atoms with Crippen LogP contribution in [-0.2, 0) is 16.2 Å². The van der Waals surface area contributed by atoms with Gasteiger partial charge in [-0.1, -0.05) is 36.4 Å². The number of para-hydroxylation sites is 1. The summed E-state index contributed by atoms with van der Waals surface area (Å²) in [7, 11) is -3.64. The van der Waals surface area contributed by atoms with Gasteiger partial charge in [0.15, 0.2) is 0 Å². The Morgan fingerprint density at radius 2 is 1.67 bits per heavy atom. The highest BCUT2D eigenvalue weighted by molar-refractivity contribution is 7.99. The van der Waals surface area contributed by atoms with E-state index >= 15 is 0 Å². The number of nitrogens with zero attached hydrogens (tertiary/aromatic N) is 1. The highest BCUT2D eigenvalue weighted by Gasteiger charge is 2.33. The first kappa shape index (κ1) is 19.7. The molecule has 2 aromatic carbocycles. The highest BCUT2D eigenvalue weighted by Crippen LogP contribution is 2.34. The first-order chi connectivity index (χ1) is 12.8. The summed E-state index contributed by atoms with van der Waals surface area (Å²) in [6, 6.07) is 15.4. The molecule has 0 aliphatic rings. The standard InChI is InChI=1S/C18H15F3N2O2S2/c19-18(20,21)17-12-16(14-8-4-5-9-15(14)23-17)26-11-10-22-27(24,25)13-6-2-1-3-7-13/h1-9,12,22H,10-11H2. The predicted molar refractivity (Wildman–Crippen MR) is 99.1 cm³/mol. The topological polar surface area (TPSA) is 59.1 Å². The Morgan fingerprint density at radius 3 is 2.37 bits per heavy atom. The number of hydrogen-bond donors (Lipinski definition) is 1. The molecule has 0 atom stereocenters. The molecule has 9 heteroatoms. The Kier molecular flexibility index (Phi) is 5.73. The Balaban J connectivity index is 1.74. The van der Waals surface area contributed by atoms with E-state index in [0.29, 0.717) is 10.3 Å². The van der Waals surface area contributed by atoms with Crippen molar-refractivity contribution < 1.29 is 21.6 Å². The van der Waals surface area contributed by atoms with Crippen LogP contribution in [0.4, 0.5) is 13.2 Å². The summed E-state index contributed by atoms with van der Waals surface area (Å²) in [5.41, 5.74) is -0.715. The van der Waals surface area contributed by atoms with Crippen LogP contribution in [0.25, 0.3) is 10.9 Å². The van der Waals surface area contributed by atoms with Gasteiger partial charge in [-0.3, -0.25) is 0 Å². The highest BCUT2D eigenvalue weighted by atomic mass is 32.2. The van der Waals surface area contributed by atoms with Gasteiger partial charge >= 0.3 is 6.18 Å². The van der Waals surface area contributed by atoms with Crippen molar-refractivity contribution in [3.8, 4) is 0 Å². The second-order valence-electron chi connectivity index (χ2n) is 5.58. The van der Waals surface area contributed by atoms with E-state index in [0.717, 1.165) is 17.8 Å². The first-order valence-corrected chi connectivity index (χ1v) is 10.4. The lowest BCUT2D eigenvalue weighted by molar-refractivity contribution is -0.141. The second-order valence-corrected chi connectivity index (χ2v) is 8.48. The number of thioether (sulfide) groups is 1. The smallest absolute Gasteiger partial charge is 0.243 e. The van der Waals surface area contributed by atoms with Crippen molar-refractivity contribution in [3.05, 3.63) is 66.4 Å². The molecule has 0 aliphatic carbocycles. The second kappa shape index (κ2) is 7.87. The van der Waals surface area contributed by atoms with Gasteiger partial charge in [-0.15, -0.1) is 11.8 Å². The number of rotatable bonds is 6. The molecule has 142 valence electrons. The number of halogens is 3. The lowest BCUT2D eigenvalue weighted by Gasteiger charge is -2.12. The van der Waals surface area contributed by atoms with Gasteiger partial charge in [0.1, 0.15) is 5.69 Å². The van der Waals surface area contributed by atoms with Crippen LogP contribution >= 0.6 is 11.8 Å². The van der Waals surface area contributed by atoms with E-state index < -0.39 is 21.9 Å². The molecule has 0 fully saturated rings. The third-order valence-electron chi connectivity index (χ3n) is 3.67. The van der Waals surface area contributed by atoms with Gasteiger partial charge in [-0.05, 0) is 24.3 Å². The average Bonchev–Trinajstić information content (AvgIpc) is 2.65. The summed E-state index contributed by atoms with van der Waals surface area (Å²) in [4.78, 5) is 4.22. The van der Waals surface area contributed by atoms with Gasteiger partial charge in [0, 0.05) is 22.6 Å². The maximum absolute atomic E-state index is 13.1. The van der Waals surface area contributed by atoms with Crippen molar-refractivity contribution in [2.24, 2.45) is 0 Å². The number of benzene rings is 2. The zero-order valence-electron chi connectivity index (χ0n) is 13.9. The van der Waals surface area contributed by atoms with E-state index in [9.17, 15) is 21.6 Å². The van der Waals surface area contributed by atoms with Gasteiger partial charge in [-0.2, -0.15) is 13.2 Å². The number of pyridine rings is 1. The van der Waals surface area contributed by atoms with Gasteiger partial charge in [0.2, 0.25) is 10.0 Å². The zero-order valence-corrected chi connectivity index (χ0v) is 15.5. The molecule has 3 aromatic rings. The number of nitrogens with one attached hydrogen (secondary N) is 1. The lowest BCUT2D eigenvalue weighted by Crippen LogP contribution is -2.25. The summed E-state index contributed by atoms with van der Waals surface area (Å²) in [5.74, 6) is 0.275. The molecule has 4 nitrogen and oxygen atoms in total. The quantitative estimate of drug-likeness (QED) is 0.484. The van der Waals surface area contributed by atoms with Crippen LogP contribution < -0.4 is 4.72 Å². The minimum atomic E-state index is -4.55. The monoisotopic (exact) mass is 412 g/mol. The number of alkyl halides is 3. The molecular formula is C18H15F3N2O2S2. The minimum Gasteiger partial charge on any atom is -0.243 e. The molecule has 27 heavy (non-hydrogen) atoms. The summed E-state index contributed by atoms with van der Waals surface area (Å²) in [6.45, 7) is 0.0832. The fourth-order valence-electron chi connectivity index (χ4n) is 2.43. The van der Waals surface area contributed by atoms with Gasteiger partial charge in [0.25, 0.3) is 0 Å². The van der Waals surface area contributed by atoms with Crippen molar-refractivity contribution in [1.29, 1.82) is 0 Å². The maximum atomic E-state index is 13.1. The number of sulfonamides is 1. The molecule has 1 aromatic heterocycles. The first-order valence-electron chi connectivity index (χ1n) is 7.92. The van der Waals surface area contributed by atoms with E-state index in [1.165, 1.54) is 18.2 Å². The van der Waals surface area contributed by atoms with E-state index in [1.54, 1.807) is 36.4 Å². The number of aromatic nitrogens is 1. The molecule has 1 N–H and O–H groups in total. The number of hydrogen-bond acceptors (Lipinski definition) is 4. The molecule has 0 radical (unpaired) electrons. The minimum absolute atomic E-state index is 0.0832. The molecular weight excluding hydrogens is 397 g/mol. The maximum Gasteiger partial charge on any atom is 0.433 e. The normalized spacial score (nSPS) is 12.4. The van der Waals surface area contributed by atoms with Crippen LogP contribution in [0.2, 0.25) is 0 Å². The van der Waals surface area contributed by atoms with E-state index in [-0.39, 0.29) is 22.7 Å². The van der Waals surface area contributed by atoms with Crippen LogP contribution in [0.3, 0.4) is 0 Å². The average molecular weight is 412 g/mol.